The monoisotopic (exact) mass is 538 g/mol. The first-order valence-corrected chi connectivity index (χ1v) is 11.8. The van der Waals surface area contributed by atoms with Gasteiger partial charge in [0.25, 0.3) is 0 Å². The average molecular weight is 538 g/mol. The molecular formula is C26H24F6N4O2. The Bertz CT molecular complexity index is 1330. The molecular weight excluding hydrogens is 514 g/mol. The normalized spacial score (nSPS) is 23.1. The highest BCUT2D eigenvalue weighted by molar-refractivity contribution is 5.35. The van der Waals surface area contributed by atoms with Gasteiger partial charge in [-0.25, -0.2) is 21.0 Å². The van der Waals surface area contributed by atoms with Crippen molar-refractivity contribution in [1.29, 1.82) is 0 Å². The summed E-state index contributed by atoms with van der Waals surface area (Å²) in [4.78, 5) is 15.9. The lowest BCUT2D eigenvalue weighted by molar-refractivity contribution is -0.143. The van der Waals surface area contributed by atoms with Crippen molar-refractivity contribution in [3.63, 3.8) is 0 Å². The minimum absolute atomic E-state index is 0.00978. The van der Waals surface area contributed by atoms with E-state index in [-0.39, 0.29) is 31.1 Å². The summed E-state index contributed by atoms with van der Waals surface area (Å²) in [5, 5.41) is 6.02. The molecule has 1 aromatic heterocycles. The molecule has 0 unspecified atom stereocenters. The Hall–Kier alpha value is -3.59. The molecule has 0 bridgehead atoms. The van der Waals surface area contributed by atoms with Crippen LogP contribution in [0.25, 0.3) is 4.85 Å². The minimum Gasteiger partial charge on any atom is -0.373 e. The first-order chi connectivity index (χ1) is 17.8. The number of rotatable bonds is 6. The van der Waals surface area contributed by atoms with Gasteiger partial charge in [0.2, 0.25) is 0 Å². The fourth-order valence-corrected chi connectivity index (χ4v) is 4.98. The molecule has 6 nitrogen and oxygen atoms in total. The number of hydrogen-bond donors (Lipinski definition) is 1. The molecule has 0 spiro atoms. The van der Waals surface area contributed by atoms with E-state index in [0.29, 0.717) is 25.0 Å². The second-order valence-corrected chi connectivity index (χ2v) is 9.56. The van der Waals surface area contributed by atoms with Crippen LogP contribution < -0.4 is 5.69 Å². The first kappa shape index (κ1) is 27.4. The average Bonchev–Trinajstić information content (AvgIpc) is 3.33. The Morgan fingerprint density at radius 3 is 2.08 bits per heavy atom. The number of aromatic amines is 1. The fraction of sp³-hybridized carbons (Fsp3) is 0.423. The zero-order valence-electron chi connectivity index (χ0n) is 20.2. The van der Waals surface area contributed by atoms with Crippen LogP contribution in [0.4, 0.5) is 26.3 Å². The van der Waals surface area contributed by atoms with Crippen LogP contribution in [0.15, 0.2) is 59.7 Å². The lowest BCUT2D eigenvalue weighted by atomic mass is 9.67. The van der Waals surface area contributed by atoms with Crippen LogP contribution in [0.3, 0.4) is 0 Å². The predicted molar refractivity (Wildman–Crippen MR) is 125 cm³/mol. The molecule has 0 saturated heterocycles. The number of hydrogen-bond acceptors (Lipinski definition) is 3. The maximum Gasteiger partial charge on any atom is 0.416 e. The molecule has 1 aliphatic carbocycles. The number of H-pyrrole nitrogens is 1. The van der Waals surface area contributed by atoms with E-state index in [1.165, 1.54) is 17.8 Å². The number of nitrogens with one attached hydrogen (secondary N) is 1. The number of halogens is 6. The smallest absolute Gasteiger partial charge is 0.373 e. The van der Waals surface area contributed by atoms with Crippen molar-refractivity contribution < 1.29 is 31.1 Å². The molecule has 1 atom stereocenters. The maximum absolute atomic E-state index is 13.3. The molecule has 0 radical (unpaired) electrons. The van der Waals surface area contributed by atoms with Gasteiger partial charge in [0, 0.05) is 18.3 Å². The van der Waals surface area contributed by atoms with Crippen LogP contribution in [-0.4, -0.2) is 21.4 Å². The fourth-order valence-electron chi connectivity index (χ4n) is 4.98. The highest BCUT2D eigenvalue weighted by Gasteiger charge is 2.50. The maximum atomic E-state index is 13.3. The molecule has 1 aliphatic rings. The summed E-state index contributed by atoms with van der Waals surface area (Å²) in [6, 6.07) is 10.6. The van der Waals surface area contributed by atoms with E-state index in [0.717, 1.165) is 5.56 Å². The summed E-state index contributed by atoms with van der Waals surface area (Å²) in [7, 11) is 0. The number of ether oxygens (including phenoxy) is 1. The molecule has 12 heteroatoms. The third-order valence-electron chi connectivity index (χ3n) is 7.29. The summed E-state index contributed by atoms with van der Waals surface area (Å²) in [6.07, 6.45) is -8.41. The molecule has 202 valence electrons. The highest BCUT2D eigenvalue weighted by atomic mass is 19.4. The van der Waals surface area contributed by atoms with Gasteiger partial charge in [-0.2, -0.15) is 31.4 Å². The van der Waals surface area contributed by atoms with Gasteiger partial charge in [0.15, 0.2) is 0 Å². The first-order valence-electron chi connectivity index (χ1n) is 11.8. The number of nitrogens with zero attached hydrogens (tertiary/aromatic N) is 3. The van der Waals surface area contributed by atoms with E-state index >= 15 is 0 Å². The molecule has 0 amide bonds. The van der Waals surface area contributed by atoms with Gasteiger partial charge in [-0.15, -0.1) is 0 Å². The van der Waals surface area contributed by atoms with Crippen molar-refractivity contribution in [2.24, 2.45) is 0 Å². The van der Waals surface area contributed by atoms with Gasteiger partial charge >= 0.3 is 23.7 Å². The zero-order valence-corrected chi connectivity index (χ0v) is 20.2. The third-order valence-corrected chi connectivity index (χ3v) is 7.29. The molecule has 4 rings (SSSR count). The summed E-state index contributed by atoms with van der Waals surface area (Å²) < 4.78 is 87.3. The lowest BCUT2D eigenvalue weighted by Gasteiger charge is -2.41. The quantitative estimate of drug-likeness (QED) is 0.289. The Morgan fingerprint density at radius 1 is 1.03 bits per heavy atom. The standard InChI is InChI=1S/C26H24F6N4O2/c1-17(18-12-20(25(27,28)29)14-21(13-18)26(30,31)32)38-15-23(19-6-4-3-5-7-19)8-10-24(33-2,11-9-23)36-16-34-35-22(36)37/h3-7,12-14,16-17H,8-11,15H2,1H3,(H,35,37)/t17-,23?,24?/m1/s1. The molecule has 1 heterocycles. The predicted octanol–water partition coefficient (Wildman–Crippen LogP) is 6.47. The summed E-state index contributed by atoms with van der Waals surface area (Å²) in [6.45, 7) is 9.18. The summed E-state index contributed by atoms with van der Waals surface area (Å²) >= 11 is 0. The molecule has 1 saturated carbocycles. The van der Waals surface area contributed by atoms with Crippen LogP contribution in [0.2, 0.25) is 0 Å². The topological polar surface area (TPSA) is 64.3 Å². The van der Waals surface area contributed by atoms with Crippen LogP contribution in [0, 0.1) is 6.57 Å². The highest BCUT2D eigenvalue weighted by Crippen LogP contribution is 2.47. The summed E-state index contributed by atoms with van der Waals surface area (Å²) in [5.41, 5.74) is -4.52. The van der Waals surface area contributed by atoms with E-state index in [2.05, 4.69) is 15.0 Å². The van der Waals surface area contributed by atoms with Gasteiger partial charge in [0.1, 0.15) is 6.33 Å². The van der Waals surface area contributed by atoms with Crippen LogP contribution in [0.1, 0.15) is 61.0 Å². The second kappa shape index (κ2) is 9.94. The molecule has 38 heavy (non-hydrogen) atoms. The Labute approximate surface area is 214 Å². The van der Waals surface area contributed by atoms with Crippen molar-refractivity contribution in [2.75, 3.05) is 6.61 Å². The zero-order chi connectivity index (χ0) is 27.8. The lowest BCUT2D eigenvalue weighted by Crippen LogP contribution is -2.46. The van der Waals surface area contributed by atoms with Crippen LogP contribution in [-0.2, 0) is 28.2 Å². The van der Waals surface area contributed by atoms with Crippen LogP contribution in [0.5, 0.6) is 0 Å². The van der Waals surface area contributed by atoms with Crippen molar-refractivity contribution >= 4 is 0 Å². The Kier molecular flexibility index (Phi) is 7.18. The van der Waals surface area contributed by atoms with Crippen molar-refractivity contribution in [2.45, 2.75) is 62.1 Å². The Morgan fingerprint density at radius 2 is 1.61 bits per heavy atom. The largest absolute Gasteiger partial charge is 0.416 e. The van der Waals surface area contributed by atoms with Crippen molar-refractivity contribution in [3.05, 3.63) is 99.0 Å². The molecule has 1 fully saturated rings. The van der Waals surface area contributed by atoms with Crippen molar-refractivity contribution in [3.8, 4) is 0 Å². The molecule has 0 aliphatic heterocycles. The van der Waals surface area contributed by atoms with E-state index in [1.807, 2.05) is 30.3 Å². The van der Waals surface area contributed by atoms with Gasteiger partial charge in [-0.3, -0.25) is 4.85 Å². The van der Waals surface area contributed by atoms with E-state index < -0.39 is 46.4 Å². The number of benzene rings is 2. The minimum atomic E-state index is -4.96. The summed E-state index contributed by atoms with van der Waals surface area (Å²) in [5.74, 6) is 0. The van der Waals surface area contributed by atoms with Gasteiger partial charge < -0.3 is 4.74 Å². The van der Waals surface area contributed by atoms with Crippen LogP contribution >= 0.6 is 0 Å². The van der Waals surface area contributed by atoms with Gasteiger partial charge in [-0.1, -0.05) is 30.3 Å². The molecule has 3 aromatic rings. The van der Waals surface area contributed by atoms with E-state index in [9.17, 15) is 31.1 Å². The van der Waals surface area contributed by atoms with Gasteiger partial charge in [-0.05, 0) is 49.1 Å². The third kappa shape index (κ3) is 5.34. The van der Waals surface area contributed by atoms with E-state index in [1.54, 1.807) is 0 Å². The molecule has 2 aromatic carbocycles. The second-order valence-electron chi connectivity index (χ2n) is 9.56. The van der Waals surface area contributed by atoms with E-state index in [4.69, 9.17) is 11.3 Å². The Balaban J connectivity index is 1.63. The number of aromatic nitrogens is 3. The SMILES string of the molecule is [C-]#[N+]C1(n2cn[nH]c2=O)CCC(CO[C@H](C)c2cc(C(F)(F)F)cc(C(F)(F)F)c2)(c2ccccc2)CC1. The molecule has 1 N–H and O–H groups in total. The van der Waals surface area contributed by atoms with Crippen molar-refractivity contribution in [1.82, 2.24) is 14.8 Å². The number of alkyl halides is 6. The van der Waals surface area contributed by atoms with Gasteiger partial charge in [0.05, 0.1) is 23.8 Å².